The molecule has 2 N–H and O–H groups in total. The number of benzene rings is 2. The maximum absolute atomic E-state index is 13.5. The van der Waals surface area contributed by atoms with Crippen LogP contribution in [0.4, 0.5) is 18.9 Å². The molecule has 2 aromatic heterocycles. The zero-order chi connectivity index (χ0) is 23.8. The van der Waals surface area contributed by atoms with Crippen molar-refractivity contribution in [2.75, 3.05) is 12.4 Å². The predicted octanol–water partition coefficient (Wildman–Crippen LogP) is 6.81. The molecular weight excluding hydrogens is 457 g/mol. The zero-order valence-corrected chi connectivity index (χ0v) is 18.1. The number of H-pyrrole nitrogens is 1. The number of nitrogens with one attached hydrogen (secondary N) is 2. The third kappa shape index (κ3) is 4.34. The molecule has 1 atom stereocenters. The number of hydrogen-bond donors (Lipinski definition) is 2. The van der Waals surface area contributed by atoms with Crippen molar-refractivity contribution in [1.29, 1.82) is 0 Å². The summed E-state index contributed by atoms with van der Waals surface area (Å²) in [5.41, 5.74) is -0.602. The monoisotopic (exact) mass is 474 g/mol. The highest BCUT2D eigenvalue weighted by molar-refractivity contribution is 6.31. The van der Waals surface area contributed by atoms with Crippen molar-refractivity contribution in [3.63, 3.8) is 0 Å². The summed E-state index contributed by atoms with van der Waals surface area (Å²) in [6.07, 6.45) is -1.59. The lowest BCUT2D eigenvalue weighted by Crippen LogP contribution is -2.19. The number of rotatable bonds is 6. The Bertz CT molecular complexity index is 1380. The van der Waals surface area contributed by atoms with E-state index in [0.29, 0.717) is 22.1 Å². The molecule has 1 unspecified atom stereocenters. The van der Waals surface area contributed by atoms with Crippen molar-refractivity contribution in [3.05, 3.63) is 94.1 Å². The molecule has 4 rings (SSSR count). The largest absolute Gasteiger partial charge is 0.496 e. The minimum atomic E-state index is -4.58. The molecule has 0 radical (unpaired) electrons. The summed E-state index contributed by atoms with van der Waals surface area (Å²) < 4.78 is 51.5. The summed E-state index contributed by atoms with van der Waals surface area (Å²) in [6, 6.07) is 10.6. The normalized spacial score (nSPS) is 12.5. The molecule has 2 heterocycles. The van der Waals surface area contributed by atoms with Gasteiger partial charge in [0.1, 0.15) is 23.2 Å². The lowest BCUT2D eigenvalue weighted by Gasteiger charge is -2.20. The first-order valence-electron chi connectivity index (χ1n) is 9.76. The molecule has 2 aromatic carbocycles. The SMILES string of the molecule is C=CC(Nc1c(-c2cc(Cl)ccc2OC)c2cc(C(F)(F)F)ccc2[nH]c1=O)c1ccco1. The van der Waals surface area contributed by atoms with Gasteiger partial charge in [-0.05, 0) is 48.5 Å². The molecule has 0 saturated carbocycles. The van der Waals surface area contributed by atoms with Crippen LogP contribution < -0.4 is 15.6 Å². The van der Waals surface area contributed by atoms with E-state index in [1.165, 1.54) is 31.6 Å². The number of aromatic amines is 1. The van der Waals surface area contributed by atoms with E-state index in [4.69, 9.17) is 20.8 Å². The van der Waals surface area contributed by atoms with Gasteiger partial charge in [-0.15, -0.1) is 6.58 Å². The van der Waals surface area contributed by atoms with Crippen molar-refractivity contribution < 1.29 is 22.3 Å². The molecule has 0 aliphatic heterocycles. The van der Waals surface area contributed by atoms with Crippen LogP contribution >= 0.6 is 11.6 Å². The van der Waals surface area contributed by atoms with E-state index in [1.54, 1.807) is 24.3 Å². The molecule has 0 aliphatic rings. The molecule has 5 nitrogen and oxygen atoms in total. The molecule has 170 valence electrons. The van der Waals surface area contributed by atoms with Crippen LogP contribution in [-0.4, -0.2) is 12.1 Å². The van der Waals surface area contributed by atoms with Crippen LogP contribution in [0.2, 0.25) is 5.02 Å². The van der Waals surface area contributed by atoms with Gasteiger partial charge >= 0.3 is 6.18 Å². The van der Waals surface area contributed by atoms with Crippen LogP contribution in [0.15, 0.2) is 76.7 Å². The van der Waals surface area contributed by atoms with E-state index >= 15 is 0 Å². The van der Waals surface area contributed by atoms with Gasteiger partial charge < -0.3 is 19.5 Å². The molecule has 0 aliphatic carbocycles. The molecule has 33 heavy (non-hydrogen) atoms. The second-order valence-electron chi connectivity index (χ2n) is 7.18. The molecule has 0 saturated heterocycles. The quantitative estimate of drug-likeness (QED) is 0.301. The zero-order valence-electron chi connectivity index (χ0n) is 17.3. The Kier molecular flexibility index (Phi) is 5.95. The number of halogens is 4. The Hall–Kier alpha value is -3.65. The average molecular weight is 475 g/mol. The first-order valence-corrected chi connectivity index (χ1v) is 10.1. The van der Waals surface area contributed by atoms with E-state index in [-0.39, 0.29) is 22.2 Å². The van der Waals surface area contributed by atoms with Gasteiger partial charge in [-0.3, -0.25) is 4.79 Å². The maximum Gasteiger partial charge on any atom is 0.416 e. The van der Waals surface area contributed by atoms with Gasteiger partial charge in [-0.1, -0.05) is 17.7 Å². The highest BCUT2D eigenvalue weighted by Crippen LogP contribution is 2.42. The van der Waals surface area contributed by atoms with Crippen LogP contribution in [0.5, 0.6) is 5.75 Å². The lowest BCUT2D eigenvalue weighted by molar-refractivity contribution is -0.137. The maximum atomic E-state index is 13.5. The van der Waals surface area contributed by atoms with Crippen LogP contribution in [0, 0.1) is 0 Å². The van der Waals surface area contributed by atoms with Gasteiger partial charge in [0, 0.05) is 27.1 Å². The van der Waals surface area contributed by atoms with Crippen molar-refractivity contribution in [3.8, 4) is 16.9 Å². The van der Waals surface area contributed by atoms with E-state index in [1.807, 2.05) is 0 Å². The highest BCUT2D eigenvalue weighted by Gasteiger charge is 2.31. The molecule has 4 aromatic rings. The summed E-state index contributed by atoms with van der Waals surface area (Å²) in [6.45, 7) is 3.77. The Morgan fingerprint density at radius 3 is 2.64 bits per heavy atom. The number of furan rings is 1. The third-order valence-electron chi connectivity index (χ3n) is 5.16. The molecule has 0 bridgehead atoms. The molecule has 9 heteroatoms. The van der Waals surface area contributed by atoms with E-state index in [2.05, 4.69) is 16.9 Å². The molecule has 0 fully saturated rings. The highest BCUT2D eigenvalue weighted by atomic mass is 35.5. The minimum Gasteiger partial charge on any atom is -0.496 e. The van der Waals surface area contributed by atoms with Gasteiger partial charge in [0.2, 0.25) is 0 Å². The first-order chi connectivity index (χ1) is 15.7. The van der Waals surface area contributed by atoms with Gasteiger partial charge in [0.25, 0.3) is 5.56 Å². The third-order valence-corrected chi connectivity index (χ3v) is 5.39. The van der Waals surface area contributed by atoms with Gasteiger partial charge in [-0.25, -0.2) is 0 Å². The number of aromatic nitrogens is 1. The van der Waals surface area contributed by atoms with E-state index < -0.39 is 23.3 Å². The number of ether oxygens (including phenoxy) is 1. The fourth-order valence-electron chi connectivity index (χ4n) is 3.63. The molecule has 0 amide bonds. The van der Waals surface area contributed by atoms with Crippen molar-refractivity contribution in [2.24, 2.45) is 0 Å². The van der Waals surface area contributed by atoms with Gasteiger partial charge in [0.15, 0.2) is 0 Å². The Labute approximate surface area is 191 Å². The van der Waals surface area contributed by atoms with Gasteiger partial charge in [0.05, 0.1) is 18.9 Å². The van der Waals surface area contributed by atoms with Crippen molar-refractivity contribution >= 4 is 28.2 Å². The average Bonchev–Trinajstić information content (AvgIpc) is 3.31. The lowest BCUT2D eigenvalue weighted by atomic mass is 9.96. The number of fused-ring (bicyclic) bond motifs is 1. The minimum absolute atomic E-state index is 0.0173. The Morgan fingerprint density at radius 1 is 1.21 bits per heavy atom. The molecular formula is C24H18ClF3N2O3. The smallest absolute Gasteiger partial charge is 0.416 e. The second kappa shape index (κ2) is 8.71. The van der Waals surface area contributed by atoms with Crippen LogP contribution in [0.25, 0.3) is 22.0 Å². The fraction of sp³-hybridized carbons (Fsp3) is 0.125. The van der Waals surface area contributed by atoms with Crippen molar-refractivity contribution in [2.45, 2.75) is 12.2 Å². The predicted molar refractivity (Wildman–Crippen MR) is 122 cm³/mol. The fourth-order valence-corrected chi connectivity index (χ4v) is 3.80. The first kappa shape index (κ1) is 22.5. The van der Waals surface area contributed by atoms with Crippen LogP contribution in [-0.2, 0) is 6.18 Å². The van der Waals surface area contributed by atoms with E-state index in [9.17, 15) is 18.0 Å². The van der Waals surface area contributed by atoms with Gasteiger partial charge in [-0.2, -0.15) is 13.2 Å². The number of anilines is 1. The Balaban J connectivity index is 2.07. The summed E-state index contributed by atoms with van der Waals surface area (Å²) in [4.78, 5) is 15.8. The second-order valence-corrected chi connectivity index (χ2v) is 7.62. The summed E-state index contributed by atoms with van der Waals surface area (Å²) in [5.74, 6) is 0.803. The number of pyridine rings is 1. The number of hydrogen-bond acceptors (Lipinski definition) is 4. The number of alkyl halides is 3. The topological polar surface area (TPSA) is 67.3 Å². The van der Waals surface area contributed by atoms with Crippen molar-refractivity contribution in [1.82, 2.24) is 4.98 Å². The number of methoxy groups -OCH3 is 1. The van der Waals surface area contributed by atoms with E-state index in [0.717, 1.165) is 12.1 Å². The summed E-state index contributed by atoms with van der Waals surface area (Å²) in [7, 11) is 1.42. The molecule has 0 spiro atoms. The summed E-state index contributed by atoms with van der Waals surface area (Å²) in [5, 5.41) is 3.54. The van der Waals surface area contributed by atoms with Crippen LogP contribution in [0.1, 0.15) is 17.4 Å². The Morgan fingerprint density at radius 2 is 2.00 bits per heavy atom. The summed E-state index contributed by atoms with van der Waals surface area (Å²) >= 11 is 6.21. The van der Waals surface area contributed by atoms with Crippen LogP contribution in [0.3, 0.4) is 0 Å². The standard InChI is InChI=1S/C24H18ClF3N2O3/c1-3-17(20-5-4-10-33-20)29-22-21(16-12-14(25)7-9-19(16)32-2)15-11-13(24(26,27)28)6-8-18(15)30-23(22)31/h3-12,17,29H,1H2,2H3,(H,30,31).